The lowest BCUT2D eigenvalue weighted by molar-refractivity contribution is -0.133. The predicted octanol–water partition coefficient (Wildman–Crippen LogP) is 3.52. The number of hydrogen-bond acceptors (Lipinski definition) is 4. The SMILES string of the molecule is O=Cc1c(OCC(=O)N2CCN(c3ccccc3F)CC2)ccc2ccccc12. The first-order valence-electron chi connectivity index (χ1n) is 9.54. The summed E-state index contributed by atoms with van der Waals surface area (Å²) in [7, 11) is 0. The van der Waals surface area contributed by atoms with Gasteiger partial charge in [0.05, 0.1) is 11.3 Å². The normalized spacial score (nSPS) is 14.1. The molecular formula is C23H21FN2O3. The van der Waals surface area contributed by atoms with Crippen molar-refractivity contribution in [2.45, 2.75) is 0 Å². The summed E-state index contributed by atoms with van der Waals surface area (Å²) in [5, 5.41) is 1.74. The first-order valence-corrected chi connectivity index (χ1v) is 9.54. The van der Waals surface area contributed by atoms with E-state index in [4.69, 9.17) is 4.74 Å². The number of hydrogen-bond donors (Lipinski definition) is 0. The average Bonchev–Trinajstić information content (AvgIpc) is 2.77. The molecule has 0 spiro atoms. The summed E-state index contributed by atoms with van der Waals surface area (Å²) >= 11 is 0. The molecule has 1 aliphatic heterocycles. The molecule has 6 heteroatoms. The highest BCUT2D eigenvalue weighted by atomic mass is 19.1. The first kappa shape index (κ1) is 18.9. The Morgan fingerprint density at radius 2 is 1.69 bits per heavy atom. The number of halogens is 1. The lowest BCUT2D eigenvalue weighted by Crippen LogP contribution is -2.50. The minimum atomic E-state index is -0.256. The second kappa shape index (κ2) is 8.31. The topological polar surface area (TPSA) is 49.9 Å². The Balaban J connectivity index is 1.38. The number of para-hydroxylation sites is 1. The molecule has 0 radical (unpaired) electrons. The number of anilines is 1. The van der Waals surface area contributed by atoms with Gasteiger partial charge in [0.25, 0.3) is 5.91 Å². The molecule has 3 aromatic rings. The number of benzene rings is 3. The smallest absolute Gasteiger partial charge is 0.260 e. The number of nitrogens with zero attached hydrogens (tertiary/aromatic N) is 2. The average molecular weight is 392 g/mol. The highest BCUT2D eigenvalue weighted by Crippen LogP contribution is 2.27. The van der Waals surface area contributed by atoms with Crippen LogP contribution in [-0.2, 0) is 4.79 Å². The van der Waals surface area contributed by atoms with Crippen molar-refractivity contribution in [1.82, 2.24) is 4.90 Å². The Morgan fingerprint density at radius 3 is 2.45 bits per heavy atom. The van der Waals surface area contributed by atoms with Gasteiger partial charge in [-0.15, -0.1) is 0 Å². The molecule has 4 rings (SSSR count). The minimum Gasteiger partial charge on any atom is -0.483 e. The van der Waals surface area contributed by atoms with Gasteiger partial charge in [-0.25, -0.2) is 4.39 Å². The second-order valence-electron chi connectivity index (χ2n) is 6.92. The number of rotatable bonds is 5. The second-order valence-corrected chi connectivity index (χ2v) is 6.92. The van der Waals surface area contributed by atoms with Gasteiger partial charge in [-0.2, -0.15) is 0 Å². The lowest BCUT2D eigenvalue weighted by atomic mass is 10.0. The Hall–Kier alpha value is -3.41. The summed E-state index contributed by atoms with van der Waals surface area (Å²) in [5.74, 6) is -0.00598. The van der Waals surface area contributed by atoms with Crippen LogP contribution in [0.3, 0.4) is 0 Å². The van der Waals surface area contributed by atoms with E-state index in [1.165, 1.54) is 6.07 Å². The number of piperazine rings is 1. The molecule has 0 aromatic heterocycles. The number of carbonyl (C=O) groups is 2. The molecule has 0 N–H and O–H groups in total. The van der Waals surface area contributed by atoms with Crippen molar-refractivity contribution < 1.29 is 18.7 Å². The summed E-state index contributed by atoms with van der Waals surface area (Å²) < 4.78 is 19.6. The molecule has 0 aliphatic carbocycles. The zero-order valence-electron chi connectivity index (χ0n) is 15.9. The molecular weight excluding hydrogens is 371 g/mol. The summed E-state index contributed by atoms with van der Waals surface area (Å²) in [6.45, 7) is 1.97. The maximum Gasteiger partial charge on any atom is 0.260 e. The van der Waals surface area contributed by atoms with Gasteiger partial charge in [0.1, 0.15) is 11.6 Å². The Bertz CT molecular complexity index is 1050. The quantitative estimate of drug-likeness (QED) is 0.624. The van der Waals surface area contributed by atoms with E-state index in [1.807, 2.05) is 35.2 Å². The molecule has 1 amide bonds. The maximum absolute atomic E-state index is 14.0. The third-order valence-electron chi connectivity index (χ3n) is 5.23. The molecule has 0 bridgehead atoms. The van der Waals surface area contributed by atoms with Gasteiger partial charge in [-0.1, -0.05) is 42.5 Å². The van der Waals surface area contributed by atoms with Crippen molar-refractivity contribution in [3.05, 3.63) is 72.0 Å². The van der Waals surface area contributed by atoms with E-state index in [2.05, 4.69) is 0 Å². The fourth-order valence-corrected chi connectivity index (χ4v) is 3.66. The molecule has 29 heavy (non-hydrogen) atoms. The third kappa shape index (κ3) is 3.92. The molecule has 0 saturated carbocycles. The van der Waals surface area contributed by atoms with Crippen molar-refractivity contribution in [3.63, 3.8) is 0 Å². The van der Waals surface area contributed by atoms with Gasteiger partial charge in [0, 0.05) is 26.2 Å². The molecule has 1 heterocycles. The van der Waals surface area contributed by atoms with Crippen molar-refractivity contribution in [1.29, 1.82) is 0 Å². The van der Waals surface area contributed by atoms with Gasteiger partial charge in [-0.3, -0.25) is 9.59 Å². The van der Waals surface area contributed by atoms with Crippen LogP contribution in [0.5, 0.6) is 5.75 Å². The van der Waals surface area contributed by atoms with Gasteiger partial charge in [0.2, 0.25) is 0 Å². The summed E-state index contributed by atoms with van der Waals surface area (Å²) in [4.78, 5) is 27.8. The van der Waals surface area contributed by atoms with Gasteiger partial charge >= 0.3 is 0 Å². The summed E-state index contributed by atoms with van der Waals surface area (Å²) in [6, 6.07) is 17.8. The van der Waals surface area contributed by atoms with Gasteiger partial charge in [0.15, 0.2) is 12.9 Å². The molecule has 1 saturated heterocycles. The van der Waals surface area contributed by atoms with Crippen LogP contribution in [0, 0.1) is 5.82 Å². The molecule has 148 valence electrons. The maximum atomic E-state index is 14.0. The zero-order chi connectivity index (χ0) is 20.2. The van der Waals surface area contributed by atoms with E-state index in [1.54, 1.807) is 29.2 Å². The molecule has 0 atom stereocenters. The molecule has 0 unspecified atom stereocenters. The van der Waals surface area contributed by atoms with Crippen LogP contribution in [0.4, 0.5) is 10.1 Å². The van der Waals surface area contributed by atoms with Crippen LogP contribution in [0.2, 0.25) is 0 Å². The van der Waals surface area contributed by atoms with Crippen LogP contribution in [-0.4, -0.2) is 49.9 Å². The number of fused-ring (bicyclic) bond motifs is 1. The van der Waals surface area contributed by atoms with Crippen LogP contribution in [0.25, 0.3) is 10.8 Å². The Morgan fingerprint density at radius 1 is 0.966 bits per heavy atom. The predicted molar refractivity (Wildman–Crippen MR) is 110 cm³/mol. The van der Waals surface area contributed by atoms with Crippen molar-refractivity contribution in [2.75, 3.05) is 37.7 Å². The number of amides is 1. The zero-order valence-corrected chi connectivity index (χ0v) is 15.9. The number of ether oxygens (including phenoxy) is 1. The van der Waals surface area contributed by atoms with Gasteiger partial charge < -0.3 is 14.5 Å². The van der Waals surface area contributed by atoms with E-state index >= 15 is 0 Å². The van der Waals surface area contributed by atoms with Crippen molar-refractivity contribution in [3.8, 4) is 5.75 Å². The first-order chi connectivity index (χ1) is 14.2. The lowest BCUT2D eigenvalue weighted by Gasteiger charge is -2.36. The highest BCUT2D eigenvalue weighted by Gasteiger charge is 2.23. The van der Waals surface area contributed by atoms with E-state index in [-0.39, 0.29) is 18.3 Å². The van der Waals surface area contributed by atoms with Crippen LogP contribution < -0.4 is 9.64 Å². The molecule has 1 fully saturated rings. The molecule has 1 aliphatic rings. The standard InChI is InChI=1S/C23H21FN2O3/c24-20-7-3-4-8-21(20)25-11-13-26(14-12-25)23(28)16-29-22-10-9-17-5-1-2-6-18(17)19(22)15-27/h1-10,15H,11-14,16H2. The van der Waals surface area contributed by atoms with Gasteiger partial charge in [-0.05, 0) is 29.0 Å². The summed E-state index contributed by atoms with van der Waals surface area (Å²) in [5.41, 5.74) is 1.00. The fraction of sp³-hybridized carbons (Fsp3) is 0.217. The van der Waals surface area contributed by atoms with E-state index in [0.717, 1.165) is 17.1 Å². The Labute approximate surface area is 168 Å². The molecule has 3 aromatic carbocycles. The van der Waals surface area contributed by atoms with E-state index in [9.17, 15) is 14.0 Å². The van der Waals surface area contributed by atoms with Crippen LogP contribution in [0.15, 0.2) is 60.7 Å². The Kier molecular flexibility index (Phi) is 5.42. The number of aldehydes is 1. The third-order valence-corrected chi connectivity index (χ3v) is 5.23. The largest absolute Gasteiger partial charge is 0.483 e. The van der Waals surface area contributed by atoms with Crippen molar-refractivity contribution >= 4 is 28.7 Å². The number of carbonyl (C=O) groups excluding carboxylic acids is 2. The van der Waals surface area contributed by atoms with Crippen LogP contribution >= 0.6 is 0 Å². The minimum absolute atomic E-state index is 0.140. The molecule has 5 nitrogen and oxygen atoms in total. The highest BCUT2D eigenvalue weighted by molar-refractivity contribution is 6.00. The van der Waals surface area contributed by atoms with Crippen LogP contribution in [0.1, 0.15) is 10.4 Å². The fourth-order valence-electron chi connectivity index (χ4n) is 3.66. The monoisotopic (exact) mass is 392 g/mol. The summed E-state index contributed by atoms with van der Waals surface area (Å²) in [6.07, 6.45) is 0.759. The van der Waals surface area contributed by atoms with E-state index < -0.39 is 0 Å². The van der Waals surface area contributed by atoms with Crippen molar-refractivity contribution in [2.24, 2.45) is 0 Å². The van der Waals surface area contributed by atoms with E-state index in [0.29, 0.717) is 43.2 Å².